The second-order valence-corrected chi connectivity index (χ2v) is 6.80. The lowest BCUT2D eigenvalue weighted by atomic mass is 9.82. The Hall–Kier alpha value is -2.46. The second kappa shape index (κ2) is 7.19. The molecule has 1 amide bonds. The summed E-state index contributed by atoms with van der Waals surface area (Å²) in [4.78, 5) is 13.8. The van der Waals surface area contributed by atoms with E-state index < -0.39 is 11.6 Å². The molecule has 1 aliphatic rings. The Balaban J connectivity index is 1.72. The van der Waals surface area contributed by atoms with Crippen LogP contribution in [-0.4, -0.2) is 31.7 Å². The third-order valence-corrected chi connectivity index (χ3v) is 4.79. The van der Waals surface area contributed by atoms with Gasteiger partial charge in [-0.2, -0.15) is 10.1 Å². The number of benzene rings is 1. The van der Waals surface area contributed by atoms with Crippen LogP contribution in [0.5, 0.6) is 0 Å². The molecule has 25 heavy (non-hydrogen) atoms. The molecular weight excluding hydrogens is 340 g/mol. The summed E-state index contributed by atoms with van der Waals surface area (Å²) in [6.07, 6.45) is 4.37. The van der Waals surface area contributed by atoms with Gasteiger partial charge in [-0.15, -0.1) is 10.2 Å². The molecule has 0 aliphatic heterocycles. The number of tetrazole rings is 1. The second-order valence-electron chi connectivity index (χ2n) is 6.36. The van der Waals surface area contributed by atoms with Gasteiger partial charge in [-0.1, -0.05) is 30.9 Å². The molecule has 0 unspecified atom stereocenters. The van der Waals surface area contributed by atoms with Crippen LogP contribution in [0.1, 0.15) is 45.1 Å². The first-order valence-corrected chi connectivity index (χ1v) is 8.69. The Bertz CT molecular complexity index is 788. The maximum Gasteiger partial charge on any atom is 0.247 e. The highest BCUT2D eigenvalue weighted by Gasteiger charge is 2.35. The van der Waals surface area contributed by atoms with Crippen molar-refractivity contribution in [3.63, 3.8) is 0 Å². The van der Waals surface area contributed by atoms with E-state index in [2.05, 4.69) is 26.8 Å². The van der Waals surface area contributed by atoms with Crippen molar-refractivity contribution in [2.75, 3.05) is 0 Å². The SMILES string of the molecule is C[C@@H](C(=O)NC1(C#N)CCCCC1)n1nnc(-c2ccc(Cl)cc2)n1. The maximum atomic E-state index is 12.6. The lowest BCUT2D eigenvalue weighted by molar-refractivity contribution is -0.126. The molecule has 1 aromatic carbocycles. The number of nitrogens with zero attached hydrogens (tertiary/aromatic N) is 5. The average Bonchev–Trinajstić information content (AvgIpc) is 3.12. The summed E-state index contributed by atoms with van der Waals surface area (Å²) in [5, 5.41) is 25.3. The maximum absolute atomic E-state index is 12.6. The van der Waals surface area contributed by atoms with Crippen LogP contribution in [0, 0.1) is 11.3 Å². The summed E-state index contributed by atoms with van der Waals surface area (Å²) >= 11 is 5.87. The van der Waals surface area contributed by atoms with Gasteiger partial charge in [0.25, 0.3) is 0 Å². The minimum Gasteiger partial charge on any atom is -0.336 e. The van der Waals surface area contributed by atoms with Gasteiger partial charge in [-0.25, -0.2) is 0 Å². The van der Waals surface area contributed by atoms with Crippen LogP contribution >= 0.6 is 11.6 Å². The van der Waals surface area contributed by atoms with E-state index in [-0.39, 0.29) is 5.91 Å². The molecule has 8 heteroatoms. The highest BCUT2D eigenvalue weighted by atomic mass is 35.5. The fourth-order valence-electron chi connectivity index (χ4n) is 2.97. The molecule has 2 aromatic rings. The van der Waals surface area contributed by atoms with Crippen LogP contribution in [0.3, 0.4) is 0 Å². The van der Waals surface area contributed by atoms with E-state index in [4.69, 9.17) is 11.6 Å². The number of carbonyl (C=O) groups excluding carboxylic acids is 1. The van der Waals surface area contributed by atoms with Gasteiger partial charge in [0.1, 0.15) is 11.6 Å². The molecule has 1 heterocycles. The third-order valence-electron chi connectivity index (χ3n) is 4.54. The quantitative estimate of drug-likeness (QED) is 0.906. The first-order valence-electron chi connectivity index (χ1n) is 8.32. The Morgan fingerprint density at radius 1 is 1.32 bits per heavy atom. The summed E-state index contributed by atoms with van der Waals surface area (Å²) in [5.41, 5.74) is -0.00700. The van der Waals surface area contributed by atoms with E-state index in [1.165, 1.54) is 4.80 Å². The summed E-state index contributed by atoms with van der Waals surface area (Å²) in [5.74, 6) is 0.146. The molecule has 0 radical (unpaired) electrons. The number of rotatable bonds is 4. The van der Waals surface area contributed by atoms with Crippen molar-refractivity contribution >= 4 is 17.5 Å². The largest absolute Gasteiger partial charge is 0.336 e. The molecule has 1 aliphatic carbocycles. The van der Waals surface area contributed by atoms with Gasteiger partial charge in [0.15, 0.2) is 0 Å². The van der Waals surface area contributed by atoms with E-state index in [1.807, 2.05) is 0 Å². The van der Waals surface area contributed by atoms with Gasteiger partial charge < -0.3 is 5.32 Å². The van der Waals surface area contributed by atoms with E-state index in [9.17, 15) is 10.1 Å². The molecule has 0 bridgehead atoms. The number of hydrogen-bond donors (Lipinski definition) is 1. The number of halogens is 1. The molecule has 3 rings (SSSR count). The monoisotopic (exact) mass is 358 g/mol. The van der Waals surface area contributed by atoms with Crippen molar-refractivity contribution in [1.82, 2.24) is 25.5 Å². The van der Waals surface area contributed by atoms with Gasteiger partial charge in [0.2, 0.25) is 11.7 Å². The number of hydrogen-bond acceptors (Lipinski definition) is 5. The number of nitriles is 1. The molecule has 1 atom stereocenters. The molecule has 7 nitrogen and oxygen atoms in total. The summed E-state index contributed by atoms with van der Waals surface area (Å²) in [6.45, 7) is 1.69. The van der Waals surface area contributed by atoms with Crippen molar-refractivity contribution in [1.29, 1.82) is 5.26 Å². The average molecular weight is 359 g/mol. The molecule has 0 saturated heterocycles. The van der Waals surface area contributed by atoms with Crippen LogP contribution in [0.2, 0.25) is 5.02 Å². The first kappa shape index (κ1) is 17.4. The summed E-state index contributed by atoms with van der Waals surface area (Å²) in [6, 6.07) is 8.70. The fraction of sp³-hybridized carbons (Fsp3) is 0.471. The van der Waals surface area contributed by atoms with Gasteiger partial charge in [0.05, 0.1) is 6.07 Å². The lowest BCUT2D eigenvalue weighted by Crippen LogP contribution is -2.50. The van der Waals surface area contributed by atoms with Gasteiger partial charge >= 0.3 is 0 Å². The van der Waals surface area contributed by atoms with Crippen molar-refractivity contribution < 1.29 is 4.79 Å². The predicted molar refractivity (Wildman–Crippen MR) is 92.5 cm³/mol. The highest BCUT2D eigenvalue weighted by molar-refractivity contribution is 6.30. The van der Waals surface area contributed by atoms with Crippen molar-refractivity contribution in [2.45, 2.75) is 50.6 Å². The lowest BCUT2D eigenvalue weighted by Gasteiger charge is -2.32. The molecular formula is C17H19ClN6O. The zero-order valence-electron chi connectivity index (χ0n) is 13.9. The third kappa shape index (κ3) is 3.80. The van der Waals surface area contributed by atoms with E-state index >= 15 is 0 Å². The minimum atomic E-state index is -0.775. The fourth-order valence-corrected chi connectivity index (χ4v) is 3.09. The van der Waals surface area contributed by atoms with Crippen molar-refractivity contribution in [3.8, 4) is 17.5 Å². The Morgan fingerprint density at radius 2 is 2.00 bits per heavy atom. The van der Waals surface area contributed by atoms with Gasteiger partial charge in [-0.3, -0.25) is 4.79 Å². The zero-order chi connectivity index (χ0) is 17.9. The minimum absolute atomic E-state index is 0.275. The summed E-state index contributed by atoms with van der Waals surface area (Å²) < 4.78 is 0. The number of nitrogens with one attached hydrogen (secondary N) is 1. The van der Waals surface area contributed by atoms with Crippen LogP contribution in [0.4, 0.5) is 0 Å². The number of carbonyl (C=O) groups is 1. The normalized spacial score (nSPS) is 17.5. The predicted octanol–water partition coefficient (Wildman–Crippen LogP) is 2.90. The van der Waals surface area contributed by atoms with Crippen molar-refractivity contribution in [3.05, 3.63) is 29.3 Å². The Kier molecular flexibility index (Phi) is 5.00. The number of aromatic nitrogens is 4. The van der Waals surface area contributed by atoms with Crippen molar-refractivity contribution in [2.24, 2.45) is 0 Å². The highest BCUT2D eigenvalue weighted by Crippen LogP contribution is 2.28. The topological polar surface area (TPSA) is 96.5 Å². The smallest absolute Gasteiger partial charge is 0.247 e. The van der Waals surface area contributed by atoms with E-state index in [1.54, 1.807) is 31.2 Å². The Labute approximate surface area is 151 Å². The molecule has 1 fully saturated rings. The molecule has 1 N–H and O–H groups in total. The zero-order valence-corrected chi connectivity index (χ0v) is 14.7. The van der Waals surface area contributed by atoms with Gasteiger partial charge in [-0.05, 0) is 49.2 Å². The molecule has 0 spiro atoms. The number of amides is 1. The van der Waals surface area contributed by atoms with E-state index in [0.29, 0.717) is 23.7 Å². The van der Waals surface area contributed by atoms with E-state index in [0.717, 1.165) is 24.8 Å². The molecule has 130 valence electrons. The van der Waals surface area contributed by atoms with Crippen LogP contribution in [-0.2, 0) is 4.79 Å². The first-order chi connectivity index (χ1) is 12.0. The van der Waals surface area contributed by atoms with Crippen LogP contribution in [0.25, 0.3) is 11.4 Å². The summed E-state index contributed by atoms with van der Waals surface area (Å²) in [7, 11) is 0. The molecule has 1 saturated carbocycles. The van der Waals surface area contributed by atoms with Crippen LogP contribution < -0.4 is 5.32 Å². The Morgan fingerprint density at radius 3 is 2.64 bits per heavy atom. The molecule has 1 aromatic heterocycles. The van der Waals surface area contributed by atoms with Gasteiger partial charge in [0, 0.05) is 10.6 Å². The standard InChI is InChI=1S/C17H19ClN6O/c1-12(16(25)20-17(11-19)9-3-2-4-10-17)24-22-15(21-23-24)13-5-7-14(18)8-6-13/h5-8,12H,2-4,9-10H2,1H3,(H,20,25)/t12-/m0/s1. The van der Waals surface area contributed by atoms with Crippen LogP contribution in [0.15, 0.2) is 24.3 Å².